The van der Waals surface area contributed by atoms with E-state index in [0.29, 0.717) is 18.4 Å². The van der Waals surface area contributed by atoms with Crippen molar-refractivity contribution in [3.8, 4) is 0 Å². The van der Waals surface area contributed by atoms with Crippen LogP contribution in [0.5, 0.6) is 0 Å². The number of benzene rings is 1. The summed E-state index contributed by atoms with van der Waals surface area (Å²) in [5.41, 5.74) is 2.84. The fraction of sp³-hybridized carbons (Fsp3) is 0.400. The third-order valence-electron chi connectivity index (χ3n) is 4.05. The van der Waals surface area contributed by atoms with Crippen LogP contribution in [0.1, 0.15) is 23.5 Å². The van der Waals surface area contributed by atoms with E-state index in [-0.39, 0.29) is 11.8 Å². The minimum atomic E-state index is 0.205. The number of carbonyl (C=O) groups is 1. The highest BCUT2D eigenvalue weighted by Crippen LogP contribution is 2.59. The van der Waals surface area contributed by atoms with Crippen molar-refractivity contribution in [2.45, 2.75) is 18.8 Å². The predicted molar refractivity (Wildman–Crippen MR) is 67.7 cm³/mol. The summed E-state index contributed by atoms with van der Waals surface area (Å²) >= 11 is 0. The van der Waals surface area contributed by atoms with Gasteiger partial charge < -0.3 is 5.32 Å². The van der Waals surface area contributed by atoms with Gasteiger partial charge in [-0.1, -0.05) is 30.3 Å². The van der Waals surface area contributed by atoms with E-state index in [1.807, 2.05) is 0 Å². The number of rotatable bonds is 3. The molecular formula is C15H17NO. The molecule has 1 N–H and O–H groups in total. The van der Waals surface area contributed by atoms with Crippen LogP contribution in [0.3, 0.4) is 0 Å². The summed E-state index contributed by atoms with van der Waals surface area (Å²) in [6.07, 6.45) is 4.02. The molecule has 2 heteroatoms. The number of hydrogen-bond acceptors (Lipinski definition) is 1. The second-order valence-corrected chi connectivity index (χ2v) is 4.99. The minimum absolute atomic E-state index is 0.205. The predicted octanol–water partition coefficient (Wildman–Crippen LogP) is 2.26. The van der Waals surface area contributed by atoms with E-state index >= 15 is 0 Å². The van der Waals surface area contributed by atoms with Gasteiger partial charge in [-0.15, -0.1) is 6.58 Å². The van der Waals surface area contributed by atoms with Crippen LogP contribution >= 0.6 is 0 Å². The zero-order valence-electron chi connectivity index (χ0n) is 9.86. The van der Waals surface area contributed by atoms with E-state index in [4.69, 9.17) is 0 Å². The van der Waals surface area contributed by atoms with Gasteiger partial charge in [0.2, 0.25) is 5.91 Å². The molecule has 17 heavy (non-hydrogen) atoms. The maximum Gasteiger partial charge on any atom is 0.224 e. The third kappa shape index (κ3) is 1.68. The van der Waals surface area contributed by atoms with E-state index < -0.39 is 0 Å². The van der Waals surface area contributed by atoms with E-state index in [9.17, 15) is 4.79 Å². The monoisotopic (exact) mass is 227 g/mol. The lowest BCUT2D eigenvalue weighted by Gasteiger charge is -2.13. The highest BCUT2D eigenvalue weighted by Gasteiger charge is 2.56. The van der Waals surface area contributed by atoms with Gasteiger partial charge >= 0.3 is 0 Å². The van der Waals surface area contributed by atoms with E-state index in [0.717, 1.165) is 12.8 Å². The highest BCUT2D eigenvalue weighted by molar-refractivity contribution is 5.84. The maximum atomic E-state index is 12.0. The van der Waals surface area contributed by atoms with Crippen molar-refractivity contribution >= 4 is 5.91 Å². The topological polar surface area (TPSA) is 29.1 Å². The molecule has 0 spiro atoms. The average molecular weight is 227 g/mol. The summed E-state index contributed by atoms with van der Waals surface area (Å²) in [5, 5.41) is 2.92. The Morgan fingerprint density at radius 2 is 2.29 bits per heavy atom. The standard InChI is InChI=1S/C15H17NO/c1-2-9-16-15(17)14-12-8-7-10-5-3-4-6-11(10)13(12)14/h2-6,12-14H,1,7-9H2,(H,16,17). The van der Waals surface area contributed by atoms with Crippen molar-refractivity contribution in [1.29, 1.82) is 0 Å². The zero-order valence-corrected chi connectivity index (χ0v) is 9.86. The van der Waals surface area contributed by atoms with Crippen LogP contribution in [-0.4, -0.2) is 12.5 Å². The Morgan fingerprint density at radius 1 is 1.47 bits per heavy atom. The molecule has 1 aromatic carbocycles. The van der Waals surface area contributed by atoms with Crippen molar-refractivity contribution in [2.24, 2.45) is 11.8 Å². The lowest BCUT2D eigenvalue weighted by molar-refractivity contribution is -0.122. The van der Waals surface area contributed by atoms with Gasteiger partial charge in [0.1, 0.15) is 0 Å². The molecule has 0 heterocycles. The quantitative estimate of drug-likeness (QED) is 0.788. The van der Waals surface area contributed by atoms with Crippen molar-refractivity contribution in [3.05, 3.63) is 48.0 Å². The van der Waals surface area contributed by atoms with Gasteiger partial charge in [0.15, 0.2) is 0 Å². The van der Waals surface area contributed by atoms with Crippen molar-refractivity contribution in [2.75, 3.05) is 6.54 Å². The van der Waals surface area contributed by atoms with Gasteiger partial charge in [-0.2, -0.15) is 0 Å². The van der Waals surface area contributed by atoms with Crippen LogP contribution < -0.4 is 5.32 Å². The SMILES string of the molecule is C=CCNC(=O)C1C2CCc3ccccc3C21. The molecule has 88 valence electrons. The molecule has 3 unspecified atom stereocenters. The Bertz CT molecular complexity index is 466. The molecule has 2 aliphatic carbocycles. The zero-order chi connectivity index (χ0) is 11.8. The Balaban J connectivity index is 1.78. The van der Waals surface area contributed by atoms with Gasteiger partial charge in [0.25, 0.3) is 0 Å². The largest absolute Gasteiger partial charge is 0.352 e. The molecule has 1 saturated carbocycles. The Hall–Kier alpha value is -1.57. The van der Waals surface area contributed by atoms with Gasteiger partial charge in [0, 0.05) is 12.5 Å². The summed E-state index contributed by atoms with van der Waals surface area (Å²) in [6, 6.07) is 8.56. The van der Waals surface area contributed by atoms with Crippen LogP contribution in [0.15, 0.2) is 36.9 Å². The normalized spacial score (nSPS) is 28.8. The molecule has 3 rings (SSSR count). The lowest BCUT2D eigenvalue weighted by atomic mass is 9.92. The molecule has 3 atom stereocenters. The summed E-state index contributed by atoms with van der Waals surface area (Å²) in [7, 11) is 0. The molecule has 1 fully saturated rings. The maximum absolute atomic E-state index is 12.0. The summed E-state index contributed by atoms with van der Waals surface area (Å²) in [5.74, 6) is 1.47. The molecule has 0 radical (unpaired) electrons. The molecular weight excluding hydrogens is 210 g/mol. The van der Waals surface area contributed by atoms with Crippen molar-refractivity contribution in [3.63, 3.8) is 0 Å². The first-order valence-electron chi connectivity index (χ1n) is 6.29. The summed E-state index contributed by atoms with van der Waals surface area (Å²) in [6.45, 7) is 4.20. The first-order valence-corrected chi connectivity index (χ1v) is 6.29. The van der Waals surface area contributed by atoms with Crippen molar-refractivity contribution in [1.82, 2.24) is 5.32 Å². The Morgan fingerprint density at radius 3 is 3.12 bits per heavy atom. The summed E-state index contributed by atoms with van der Waals surface area (Å²) < 4.78 is 0. The average Bonchev–Trinajstić information content (AvgIpc) is 3.11. The molecule has 1 amide bonds. The molecule has 1 aromatic rings. The molecule has 0 saturated heterocycles. The van der Waals surface area contributed by atoms with Crippen LogP contribution in [0.25, 0.3) is 0 Å². The Labute approximate surface area is 102 Å². The third-order valence-corrected chi connectivity index (χ3v) is 4.05. The molecule has 2 nitrogen and oxygen atoms in total. The summed E-state index contributed by atoms with van der Waals surface area (Å²) in [4.78, 5) is 12.0. The number of nitrogens with one attached hydrogen (secondary N) is 1. The number of aryl methyl sites for hydroxylation is 1. The second-order valence-electron chi connectivity index (χ2n) is 4.99. The van der Waals surface area contributed by atoms with E-state index in [2.05, 4.69) is 36.2 Å². The fourth-order valence-corrected chi connectivity index (χ4v) is 3.21. The molecule has 2 aliphatic rings. The number of amides is 1. The molecule has 0 aliphatic heterocycles. The first-order chi connectivity index (χ1) is 8.33. The van der Waals surface area contributed by atoms with Gasteiger partial charge in [0.05, 0.1) is 0 Å². The smallest absolute Gasteiger partial charge is 0.224 e. The Kier molecular flexibility index (Phi) is 2.50. The number of hydrogen-bond donors (Lipinski definition) is 1. The van der Waals surface area contributed by atoms with Gasteiger partial charge in [-0.05, 0) is 35.8 Å². The number of carbonyl (C=O) groups excluding carboxylic acids is 1. The number of fused-ring (bicyclic) bond motifs is 3. The van der Waals surface area contributed by atoms with Crippen LogP contribution in [-0.2, 0) is 11.2 Å². The van der Waals surface area contributed by atoms with Gasteiger partial charge in [-0.3, -0.25) is 4.79 Å². The van der Waals surface area contributed by atoms with Crippen LogP contribution in [0.4, 0.5) is 0 Å². The van der Waals surface area contributed by atoms with E-state index in [1.54, 1.807) is 6.08 Å². The second kappa shape index (κ2) is 4.02. The fourth-order valence-electron chi connectivity index (χ4n) is 3.21. The van der Waals surface area contributed by atoms with Gasteiger partial charge in [-0.25, -0.2) is 0 Å². The van der Waals surface area contributed by atoms with Crippen LogP contribution in [0, 0.1) is 11.8 Å². The van der Waals surface area contributed by atoms with E-state index in [1.165, 1.54) is 11.1 Å². The first kappa shape index (κ1) is 10.6. The minimum Gasteiger partial charge on any atom is -0.352 e. The lowest BCUT2D eigenvalue weighted by Crippen LogP contribution is -2.25. The van der Waals surface area contributed by atoms with Crippen LogP contribution in [0.2, 0.25) is 0 Å². The molecule has 0 bridgehead atoms. The highest BCUT2D eigenvalue weighted by atomic mass is 16.2. The van der Waals surface area contributed by atoms with Crippen molar-refractivity contribution < 1.29 is 4.79 Å². The molecule has 0 aromatic heterocycles.